The summed E-state index contributed by atoms with van der Waals surface area (Å²) in [6.07, 6.45) is 4.87. The van der Waals surface area contributed by atoms with Gasteiger partial charge in [-0.2, -0.15) is 0 Å². The topological polar surface area (TPSA) is 50.8 Å². The summed E-state index contributed by atoms with van der Waals surface area (Å²) in [7, 11) is 1.59. The zero-order valence-corrected chi connectivity index (χ0v) is 17.5. The minimum atomic E-state index is -0.0791. The van der Waals surface area contributed by atoms with Crippen LogP contribution in [0.1, 0.15) is 48.5 Å². The molecule has 29 heavy (non-hydrogen) atoms. The summed E-state index contributed by atoms with van der Waals surface area (Å²) in [6, 6.07) is 15.9. The predicted octanol–water partition coefficient (Wildman–Crippen LogP) is 4.27. The maximum atomic E-state index is 12.5. The molecule has 1 saturated heterocycles. The SMILES string of the molecule is COc1cc(C(=O)NCCCN2CCCC[C@H]2C)ccc1OCc1ccccc1. The fraction of sp³-hybridized carbons (Fsp3) is 0.458. The summed E-state index contributed by atoms with van der Waals surface area (Å²) in [4.78, 5) is 15.0. The molecular formula is C24H32N2O3. The molecule has 0 aromatic heterocycles. The van der Waals surface area contributed by atoms with Crippen LogP contribution in [-0.4, -0.2) is 43.6 Å². The molecule has 0 bridgehead atoms. The molecule has 1 heterocycles. The largest absolute Gasteiger partial charge is 0.493 e. The van der Waals surface area contributed by atoms with E-state index in [1.54, 1.807) is 25.3 Å². The van der Waals surface area contributed by atoms with Gasteiger partial charge in [0, 0.05) is 24.7 Å². The zero-order chi connectivity index (χ0) is 20.5. The van der Waals surface area contributed by atoms with E-state index in [0.29, 0.717) is 36.3 Å². The average molecular weight is 397 g/mol. The lowest BCUT2D eigenvalue weighted by atomic mass is 10.0. The third-order valence-electron chi connectivity index (χ3n) is 5.51. The molecule has 0 saturated carbocycles. The number of carbonyl (C=O) groups is 1. The molecule has 1 aliphatic rings. The van der Waals surface area contributed by atoms with Crippen LogP contribution >= 0.6 is 0 Å². The molecule has 0 spiro atoms. The van der Waals surface area contributed by atoms with Crippen LogP contribution in [0.2, 0.25) is 0 Å². The third-order valence-corrected chi connectivity index (χ3v) is 5.51. The van der Waals surface area contributed by atoms with Crippen molar-refractivity contribution in [3.05, 3.63) is 59.7 Å². The second-order valence-electron chi connectivity index (χ2n) is 7.63. The number of rotatable bonds is 9. The van der Waals surface area contributed by atoms with E-state index in [1.807, 2.05) is 30.3 Å². The summed E-state index contributed by atoms with van der Waals surface area (Å²) in [5, 5.41) is 3.02. The fourth-order valence-electron chi connectivity index (χ4n) is 3.74. The monoisotopic (exact) mass is 396 g/mol. The minimum absolute atomic E-state index is 0.0791. The molecule has 5 heteroatoms. The highest BCUT2D eigenvalue weighted by atomic mass is 16.5. The average Bonchev–Trinajstić information content (AvgIpc) is 2.76. The van der Waals surface area contributed by atoms with Gasteiger partial charge in [0.1, 0.15) is 6.61 Å². The van der Waals surface area contributed by atoms with E-state index >= 15 is 0 Å². The van der Waals surface area contributed by atoms with Crippen LogP contribution in [0.4, 0.5) is 0 Å². The number of carbonyl (C=O) groups excluding carboxylic acids is 1. The first-order chi connectivity index (χ1) is 14.2. The van der Waals surface area contributed by atoms with E-state index in [9.17, 15) is 4.79 Å². The molecule has 1 fully saturated rings. The van der Waals surface area contributed by atoms with Crippen LogP contribution in [0.25, 0.3) is 0 Å². The van der Waals surface area contributed by atoms with Crippen molar-refractivity contribution in [2.45, 2.75) is 45.3 Å². The minimum Gasteiger partial charge on any atom is -0.493 e. The van der Waals surface area contributed by atoms with Crippen LogP contribution in [-0.2, 0) is 6.61 Å². The number of hydrogen-bond donors (Lipinski definition) is 1. The number of amides is 1. The van der Waals surface area contributed by atoms with Crippen LogP contribution in [0.15, 0.2) is 48.5 Å². The number of hydrogen-bond acceptors (Lipinski definition) is 4. The van der Waals surface area contributed by atoms with Gasteiger partial charge in [0.25, 0.3) is 5.91 Å². The Labute approximate surface area is 174 Å². The van der Waals surface area contributed by atoms with E-state index in [-0.39, 0.29) is 5.91 Å². The van der Waals surface area contributed by atoms with Crippen molar-refractivity contribution >= 4 is 5.91 Å². The first-order valence-electron chi connectivity index (χ1n) is 10.5. The smallest absolute Gasteiger partial charge is 0.251 e. The summed E-state index contributed by atoms with van der Waals surface area (Å²) < 4.78 is 11.3. The number of nitrogens with zero attached hydrogens (tertiary/aromatic N) is 1. The molecule has 3 rings (SSSR count). The second kappa shape index (κ2) is 10.9. The Morgan fingerprint density at radius 3 is 2.72 bits per heavy atom. The maximum Gasteiger partial charge on any atom is 0.251 e. The fourth-order valence-corrected chi connectivity index (χ4v) is 3.74. The Morgan fingerprint density at radius 2 is 1.97 bits per heavy atom. The van der Waals surface area contributed by atoms with Crippen molar-refractivity contribution in [2.75, 3.05) is 26.7 Å². The Hall–Kier alpha value is -2.53. The van der Waals surface area contributed by atoms with Gasteiger partial charge < -0.3 is 19.7 Å². The number of likely N-dealkylation sites (tertiary alicyclic amines) is 1. The summed E-state index contributed by atoms with van der Waals surface area (Å²) in [6.45, 7) is 5.65. The Bertz CT molecular complexity index is 779. The Balaban J connectivity index is 1.48. The number of methoxy groups -OCH3 is 1. The standard InChI is InChI=1S/C24H32N2O3/c1-19-9-6-7-15-26(19)16-8-14-25-24(27)21-12-13-22(23(17-21)28-2)29-18-20-10-4-3-5-11-20/h3-5,10-13,17,19H,6-9,14-16,18H2,1-2H3,(H,25,27)/t19-/m1/s1. The molecule has 5 nitrogen and oxygen atoms in total. The predicted molar refractivity (Wildman–Crippen MR) is 116 cm³/mol. The Morgan fingerprint density at radius 1 is 1.14 bits per heavy atom. The lowest BCUT2D eigenvalue weighted by Crippen LogP contribution is -2.39. The summed E-state index contributed by atoms with van der Waals surface area (Å²) >= 11 is 0. The molecule has 1 N–H and O–H groups in total. The van der Waals surface area contributed by atoms with Crippen molar-refractivity contribution in [3.63, 3.8) is 0 Å². The molecule has 2 aromatic rings. The summed E-state index contributed by atoms with van der Waals surface area (Å²) in [5.74, 6) is 1.12. The number of nitrogens with one attached hydrogen (secondary N) is 1. The Kier molecular flexibility index (Phi) is 7.94. The van der Waals surface area contributed by atoms with E-state index in [1.165, 1.54) is 25.8 Å². The molecule has 0 aliphatic carbocycles. The van der Waals surface area contributed by atoms with Gasteiger partial charge >= 0.3 is 0 Å². The van der Waals surface area contributed by atoms with Gasteiger partial charge in [-0.3, -0.25) is 4.79 Å². The highest BCUT2D eigenvalue weighted by Gasteiger charge is 2.17. The second-order valence-corrected chi connectivity index (χ2v) is 7.63. The molecule has 1 amide bonds. The van der Waals surface area contributed by atoms with Crippen LogP contribution in [0, 0.1) is 0 Å². The molecule has 0 radical (unpaired) electrons. The van der Waals surface area contributed by atoms with Crippen molar-refractivity contribution in [2.24, 2.45) is 0 Å². The number of benzene rings is 2. The highest BCUT2D eigenvalue weighted by Crippen LogP contribution is 2.29. The third kappa shape index (κ3) is 6.23. The van der Waals surface area contributed by atoms with Crippen molar-refractivity contribution in [1.82, 2.24) is 10.2 Å². The molecule has 156 valence electrons. The molecule has 0 unspecified atom stereocenters. The van der Waals surface area contributed by atoms with Crippen LogP contribution in [0.5, 0.6) is 11.5 Å². The lowest BCUT2D eigenvalue weighted by molar-refractivity contribution is 0.0948. The van der Waals surface area contributed by atoms with E-state index in [0.717, 1.165) is 18.5 Å². The van der Waals surface area contributed by atoms with Gasteiger partial charge in [-0.15, -0.1) is 0 Å². The van der Waals surface area contributed by atoms with E-state index < -0.39 is 0 Å². The van der Waals surface area contributed by atoms with Crippen molar-refractivity contribution in [3.8, 4) is 11.5 Å². The zero-order valence-electron chi connectivity index (χ0n) is 17.5. The first-order valence-corrected chi connectivity index (χ1v) is 10.5. The van der Waals surface area contributed by atoms with Crippen LogP contribution in [0.3, 0.4) is 0 Å². The molecule has 2 aromatic carbocycles. The molecule has 1 aliphatic heterocycles. The van der Waals surface area contributed by atoms with E-state index in [4.69, 9.17) is 9.47 Å². The first kappa shape index (κ1) is 21.2. The maximum absolute atomic E-state index is 12.5. The normalized spacial score (nSPS) is 17.0. The van der Waals surface area contributed by atoms with Gasteiger partial charge in [0.15, 0.2) is 11.5 Å². The van der Waals surface area contributed by atoms with Gasteiger partial charge in [0.05, 0.1) is 7.11 Å². The van der Waals surface area contributed by atoms with Crippen LogP contribution < -0.4 is 14.8 Å². The molecule has 1 atom stereocenters. The highest BCUT2D eigenvalue weighted by molar-refractivity contribution is 5.94. The number of piperidine rings is 1. The van der Waals surface area contributed by atoms with Gasteiger partial charge in [0.2, 0.25) is 0 Å². The summed E-state index contributed by atoms with van der Waals surface area (Å²) in [5.41, 5.74) is 1.67. The quantitative estimate of drug-likeness (QED) is 0.643. The van der Waals surface area contributed by atoms with Gasteiger partial charge in [-0.05, 0) is 56.5 Å². The molecular weight excluding hydrogens is 364 g/mol. The lowest BCUT2D eigenvalue weighted by Gasteiger charge is -2.33. The van der Waals surface area contributed by atoms with Gasteiger partial charge in [-0.1, -0.05) is 36.8 Å². The van der Waals surface area contributed by atoms with E-state index in [2.05, 4.69) is 17.1 Å². The van der Waals surface area contributed by atoms with Crippen molar-refractivity contribution in [1.29, 1.82) is 0 Å². The van der Waals surface area contributed by atoms with Gasteiger partial charge in [-0.25, -0.2) is 0 Å². The van der Waals surface area contributed by atoms with Crippen molar-refractivity contribution < 1.29 is 14.3 Å². The number of ether oxygens (including phenoxy) is 2.